The van der Waals surface area contributed by atoms with Crippen molar-refractivity contribution < 1.29 is 0 Å². The maximum Gasteiger partial charge on any atom is 0.0474 e. The molecule has 1 nitrogen and oxygen atoms in total. The molecule has 0 amide bonds. The van der Waals surface area contributed by atoms with Crippen LogP contribution in [0, 0.1) is 13.8 Å². The van der Waals surface area contributed by atoms with Gasteiger partial charge in [-0.25, -0.2) is 0 Å². The zero-order valence-electron chi connectivity index (χ0n) is 10.8. The molecule has 0 atom stereocenters. The second kappa shape index (κ2) is 5.92. The first-order chi connectivity index (χ1) is 8.69. The Morgan fingerprint density at radius 1 is 0.889 bits per heavy atom. The van der Waals surface area contributed by atoms with Gasteiger partial charge in [-0.2, -0.15) is 0 Å². The van der Waals surface area contributed by atoms with Gasteiger partial charge in [0.1, 0.15) is 0 Å². The zero-order chi connectivity index (χ0) is 13.0. The molecule has 18 heavy (non-hydrogen) atoms. The van der Waals surface area contributed by atoms with E-state index in [1.54, 1.807) is 0 Å². The number of rotatable bonds is 4. The molecule has 94 valence electrons. The topological polar surface area (TPSA) is 12.0 Å². The number of benzene rings is 2. The Hall–Kier alpha value is -1.47. The van der Waals surface area contributed by atoms with E-state index in [2.05, 4.69) is 61.6 Å². The maximum atomic E-state index is 5.76. The molecule has 0 aromatic heterocycles. The van der Waals surface area contributed by atoms with Gasteiger partial charge in [0.15, 0.2) is 0 Å². The number of hydrogen-bond donors (Lipinski definition) is 1. The SMILES string of the molecule is Cc1ccc(CNc2ccc(CCl)cc2)cc1C. The second-order valence-electron chi connectivity index (χ2n) is 4.60. The van der Waals surface area contributed by atoms with Gasteiger partial charge in [-0.05, 0) is 48.2 Å². The van der Waals surface area contributed by atoms with Crippen molar-refractivity contribution in [3.05, 3.63) is 64.7 Å². The summed E-state index contributed by atoms with van der Waals surface area (Å²) in [6.45, 7) is 5.13. The van der Waals surface area contributed by atoms with Crippen LogP contribution in [0.5, 0.6) is 0 Å². The summed E-state index contributed by atoms with van der Waals surface area (Å²) >= 11 is 5.76. The smallest absolute Gasteiger partial charge is 0.0474 e. The van der Waals surface area contributed by atoms with Crippen LogP contribution in [0.4, 0.5) is 5.69 Å². The molecule has 0 heterocycles. The fourth-order valence-corrected chi connectivity index (χ4v) is 2.01. The van der Waals surface area contributed by atoms with E-state index in [1.807, 2.05) is 0 Å². The summed E-state index contributed by atoms with van der Waals surface area (Å²) in [5.74, 6) is 0.567. The molecule has 2 rings (SSSR count). The van der Waals surface area contributed by atoms with Crippen molar-refractivity contribution in [1.29, 1.82) is 0 Å². The van der Waals surface area contributed by atoms with Crippen LogP contribution in [0.3, 0.4) is 0 Å². The number of halogens is 1. The van der Waals surface area contributed by atoms with Gasteiger partial charge in [0, 0.05) is 18.1 Å². The summed E-state index contributed by atoms with van der Waals surface area (Å²) in [7, 11) is 0. The molecule has 0 spiro atoms. The van der Waals surface area contributed by atoms with E-state index >= 15 is 0 Å². The Morgan fingerprint density at radius 2 is 1.56 bits per heavy atom. The van der Waals surface area contributed by atoms with Crippen molar-refractivity contribution in [2.24, 2.45) is 0 Å². The molecule has 0 saturated carbocycles. The molecule has 0 aliphatic heterocycles. The highest BCUT2D eigenvalue weighted by molar-refractivity contribution is 6.17. The lowest BCUT2D eigenvalue weighted by molar-refractivity contribution is 1.13. The van der Waals surface area contributed by atoms with Crippen molar-refractivity contribution in [3.63, 3.8) is 0 Å². The van der Waals surface area contributed by atoms with Gasteiger partial charge in [-0.1, -0.05) is 30.3 Å². The minimum atomic E-state index is 0.567. The van der Waals surface area contributed by atoms with E-state index in [1.165, 1.54) is 16.7 Å². The monoisotopic (exact) mass is 259 g/mol. The summed E-state index contributed by atoms with van der Waals surface area (Å²) < 4.78 is 0. The van der Waals surface area contributed by atoms with Crippen LogP contribution in [0.2, 0.25) is 0 Å². The normalized spacial score (nSPS) is 10.4. The maximum absolute atomic E-state index is 5.76. The Bertz CT molecular complexity index is 517. The third-order valence-corrected chi connectivity index (χ3v) is 3.48. The highest BCUT2D eigenvalue weighted by Gasteiger charge is 1.97. The van der Waals surface area contributed by atoms with Crippen molar-refractivity contribution in [3.8, 4) is 0 Å². The molecule has 0 aliphatic rings. The molecule has 0 radical (unpaired) electrons. The van der Waals surface area contributed by atoms with Gasteiger partial charge in [0.05, 0.1) is 0 Å². The lowest BCUT2D eigenvalue weighted by atomic mass is 10.1. The van der Waals surface area contributed by atoms with Gasteiger partial charge in [0.25, 0.3) is 0 Å². The van der Waals surface area contributed by atoms with Crippen molar-refractivity contribution in [1.82, 2.24) is 0 Å². The second-order valence-corrected chi connectivity index (χ2v) is 4.87. The first kappa shape index (κ1) is 13.0. The van der Waals surface area contributed by atoms with E-state index in [0.717, 1.165) is 17.8 Å². The van der Waals surface area contributed by atoms with E-state index in [-0.39, 0.29) is 0 Å². The molecular weight excluding hydrogens is 242 g/mol. The van der Waals surface area contributed by atoms with Gasteiger partial charge < -0.3 is 5.32 Å². The minimum absolute atomic E-state index is 0.567. The van der Waals surface area contributed by atoms with Crippen molar-refractivity contribution >= 4 is 17.3 Å². The van der Waals surface area contributed by atoms with E-state index < -0.39 is 0 Å². The first-order valence-electron chi connectivity index (χ1n) is 6.14. The summed E-state index contributed by atoms with van der Waals surface area (Å²) in [6, 6.07) is 14.8. The quantitative estimate of drug-likeness (QED) is 0.788. The molecule has 2 aromatic carbocycles. The summed E-state index contributed by atoms with van der Waals surface area (Å²) in [4.78, 5) is 0. The standard InChI is InChI=1S/C16H18ClN/c1-12-3-4-15(9-13(12)2)11-18-16-7-5-14(10-17)6-8-16/h3-9,18H,10-11H2,1-2H3. The minimum Gasteiger partial charge on any atom is -0.381 e. The Labute approximate surface area is 114 Å². The van der Waals surface area contributed by atoms with Crippen LogP contribution >= 0.6 is 11.6 Å². The lowest BCUT2D eigenvalue weighted by Crippen LogP contribution is -2.00. The van der Waals surface area contributed by atoms with Crippen LogP contribution in [-0.2, 0) is 12.4 Å². The number of nitrogens with one attached hydrogen (secondary N) is 1. The molecule has 0 unspecified atom stereocenters. The molecule has 0 fully saturated rings. The van der Waals surface area contributed by atoms with Crippen molar-refractivity contribution in [2.45, 2.75) is 26.3 Å². The number of aryl methyl sites for hydroxylation is 2. The first-order valence-corrected chi connectivity index (χ1v) is 6.67. The number of hydrogen-bond acceptors (Lipinski definition) is 1. The van der Waals surface area contributed by atoms with Crippen LogP contribution in [0.15, 0.2) is 42.5 Å². The summed E-state index contributed by atoms with van der Waals surface area (Å²) in [5, 5.41) is 3.42. The van der Waals surface area contributed by atoms with E-state index in [4.69, 9.17) is 11.6 Å². The highest BCUT2D eigenvalue weighted by atomic mass is 35.5. The molecule has 2 heteroatoms. The van der Waals surface area contributed by atoms with Gasteiger partial charge in [-0.15, -0.1) is 11.6 Å². The molecule has 1 N–H and O–H groups in total. The van der Waals surface area contributed by atoms with E-state index in [0.29, 0.717) is 5.88 Å². The van der Waals surface area contributed by atoms with Crippen molar-refractivity contribution in [2.75, 3.05) is 5.32 Å². The molecular formula is C16H18ClN. The zero-order valence-corrected chi connectivity index (χ0v) is 11.6. The largest absolute Gasteiger partial charge is 0.381 e. The highest BCUT2D eigenvalue weighted by Crippen LogP contribution is 2.14. The Morgan fingerprint density at radius 3 is 2.17 bits per heavy atom. The van der Waals surface area contributed by atoms with Crippen LogP contribution in [0.1, 0.15) is 22.3 Å². The van der Waals surface area contributed by atoms with Gasteiger partial charge in [-0.3, -0.25) is 0 Å². The predicted molar refractivity (Wildman–Crippen MR) is 79.2 cm³/mol. The number of alkyl halides is 1. The Balaban J connectivity index is 1.99. The van der Waals surface area contributed by atoms with Crippen LogP contribution in [0.25, 0.3) is 0 Å². The van der Waals surface area contributed by atoms with Crippen LogP contribution in [-0.4, -0.2) is 0 Å². The summed E-state index contributed by atoms with van der Waals surface area (Å²) in [6.07, 6.45) is 0. The van der Waals surface area contributed by atoms with Gasteiger partial charge >= 0.3 is 0 Å². The third-order valence-electron chi connectivity index (χ3n) is 3.18. The fourth-order valence-electron chi connectivity index (χ4n) is 1.83. The number of anilines is 1. The van der Waals surface area contributed by atoms with Crippen LogP contribution < -0.4 is 5.32 Å². The fraction of sp³-hybridized carbons (Fsp3) is 0.250. The molecule has 0 saturated heterocycles. The molecule has 0 bridgehead atoms. The predicted octanol–water partition coefficient (Wildman–Crippen LogP) is 4.65. The Kier molecular flexibility index (Phi) is 4.27. The average Bonchev–Trinajstić information content (AvgIpc) is 2.41. The molecule has 2 aromatic rings. The summed E-state index contributed by atoms with van der Waals surface area (Å²) in [5.41, 5.74) is 6.26. The van der Waals surface area contributed by atoms with E-state index in [9.17, 15) is 0 Å². The third kappa shape index (κ3) is 3.27. The average molecular weight is 260 g/mol. The molecule has 0 aliphatic carbocycles. The lowest BCUT2D eigenvalue weighted by Gasteiger charge is -2.09. The van der Waals surface area contributed by atoms with Gasteiger partial charge in [0.2, 0.25) is 0 Å².